The highest BCUT2D eigenvalue weighted by molar-refractivity contribution is 5.77. The van der Waals surface area contributed by atoms with E-state index in [0.29, 0.717) is 23.0 Å². The molecule has 6 nitrogen and oxygen atoms in total. The maximum absolute atomic E-state index is 12.7. The van der Waals surface area contributed by atoms with Gasteiger partial charge in [-0.1, -0.05) is 42.5 Å². The van der Waals surface area contributed by atoms with Crippen LogP contribution in [-0.2, 0) is 13.2 Å². The molecule has 1 aliphatic rings. The molecule has 0 saturated heterocycles. The van der Waals surface area contributed by atoms with Crippen molar-refractivity contribution >= 4 is 16.5 Å². The lowest BCUT2D eigenvalue weighted by atomic mass is 9.99. The third-order valence-electron chi connectivity index (χ3n) is 5.77. The number of nitrogens with zero attached hydrogens (tertiary/aromatic N) is 2. The van der Waals surface area contributed by atoms with E-state index >= 15 is 0 Å². The van der Waals surface area contributed by atoms with Gasteiger partial charge in [-0.05, 0) is 54.6 Å². The summed E-state index contributed by atoms with van der Waals surface area (Å²) >= 11 is 0. The Balaban J connectivity index is 1.33. The molecule has 1 aliphatic heterocycles. The van der Waals surface area contributed by atoms with Gasteiger partial charge in [-0.3, -0.25) is 14.3 Å². The lowest BCUT2D eigenvalue weighted by Crippen LogP contribution is -2.35. The third kappa shape index (κ3) is 4.45. The summed E-state index contributed by atoms with van der Waals surface area (Å²) in [5.74, 6) is 0. The standard InChI is InChI=1S/C24H27N3O3/c28-17-18-8-9-21-22(16-18)25-24(30)27(23(21)29)13-5-4-12-26-14-10-20(11-15-26)19-6-2-1-3-7-19/h1-3,6-10,16,28H,4-5,11-15,17H2,(H,25,30). The SMILES string of the molecule is O=c1[nH]c2cc(CO)ccc2c(=O)n1CCCCN1CC=C(c2ccccc2)CC1. The molecule has 0 radical (unpaired) electrons. The van der Waals surface area contributed by atoms with Crippen LogP contribution in [0.5, 0.6) is 0 Å². The predicted molar refractivity (Wildman–Crippen MR) is 119 cm³/mol. The number of hydrogen-bond acceptors (Lipinski definition) is 4. The van der Waals surface area contributed by atoms with Crippen molar-refractivity contribution in [2.45, 2.75) is 32.4 Å². The second-order valence-corrected chi connectivity index (χ2v) is 7.78. The molecule has 3 aromatic rings. The lowest BCUT2D eigenvalue weighted by Gasteiger charge is -2.26. The van der Waals surface area contributed by atoms with E-state index in [-0.39, 0.29) is 12.2 Å². The van der Waals surface area contributed by atoms with Crippen molar-refractivity contribution in [2.24, 2.45) is 0 Å². The summed E-state index contributed by atoms with van der Waals surface area (Å²) in [5.41, 5.74) is 3.19. The van der Waals surface area contributed by atoms with E-state index in [0.717, 1.165) is 38.9 Å². The Labute approximate surface area is 175 Å². The van der Waals surface area contributed by atoms with Crippen molar-refractivity contribution < 1.29 is 5.11 Å². The zero-order chi connectivity index (χ0) is 20.9. The van der Waals surface area contributed by atoms with Crippen molar-refractivity contribution in [1.29, 1.82) is 0 Å². The normalized spacial score (nSPS) is 14.8. The number of nitrogens with one attached hydrogen (secondary N) is 1. The van der Waals surface area contributed by atoms with Crippen LogP contribution in [0, 0.1) is 0 Å². The van der Waals surface area contributed by atoms with E-state index in [1.54, 1.807) is 18.2 Å². The zero-order valence-corrected chi connectivity index (χ0v) is 17.0. The molecule has 0 fully saturated rings. The average Bonchev–Trinajstić information content (AvgIpc) is 2.79. The summed E-state index contributed by atoms with van der Waals surface area (Å²) in [6.07, 6.45) is 5.05. The summed E-state index contributed by atoms with van der Waals surface area (Å²) < 4.78 is 1.28. The van der Waals surface area contributed by atoms with E-state index in [4.69, 9.17) is 0 Å². The second kappa shape index (κ2) is 9.24. The molecule has 2 N–H and O–H groups in total. The van der Waals surface area contributed by atoms with E-state index in [1.807, 2.05) is 6.07 Å². The van der Waals surface area contributed by atoms with Gasteiger partial charge in [-0.25, -0.2) is 4.79 Å². The summed E-state index contributed by atoms with van der Waals surface area (Å²) in [7, 11) is 0. The molecule has 0 amide bonds. The van der Waals surface area contributed by atoms with Gasteiger partial charge in [0.25, 0.3) is 5.56 Å². The summed E-state index contributed by atoms with van der Waals surface area (Å²) in [4.78, 5) is 30.2. The van der Waals surface area contributed by atoms with Gasteiger partial charge < -0.3 is 10.1 Å². The summed E-state index contributed by atoms with van der Waals surface area (Å²) in [5, 5.41) is 9.70. The van der Waals surface area contributed by atoms with Crippen LogP contribution in [0.15, 0.2) is 64.2 Å². The molecule has 6 heteroatoms. The van der Waals surface area contributed by atoms with Gasteiger partial charge in [0.2, 0.25) is 0 Å². The number of unbranched alkanes of at least 4 members (excludes halogenated alkanes) is 1. The van der Waals surface area contributed by atoms with Gasteiger partial charge in [0.1, 0.15) is 0 Å². The van der Waals surface area contributed by atoms with Crippen molar-refractivity contribution in [3.8, 4) is 0 Å². The van der Waals surface area contributed by atoms with E-state index in [1.165, 1.54) is 15.7 Å². The molecule has 0 atom stereocenters. The molecule has 0 bridgehead atoms. The molecule has 156 valence electrons. The molecule has 1 aromatic heterocycles. The number of aliphatic hydroxyl groups excluding tert-OH is 1. The first kappa shape index (κ1) is 20.3. The van der Waals surface area contributed by atoms with Crippen LogP contribution in [0.3, 0.4) is 0 Å². The molecule has 0 spiro atoms. The maximum atomic E-state index is 12.7. The van der Waals surface area contributed by atoms with Crippen molar-refractivity contribution in [1.82, 2.24) is 14.5 Å². The Bertz CT molecular complexity index is 1160. The summed E-state index contributed by atoms with van der Waals surface area (Å²) in [6.45, 7) is 3.21. The van der Waals surface area contributed by atoms with Crippen LogP contribution in [-0.4, -0.2) is 39.2 Å². The Kier molecular flexibility index (Phi) is 6.26. The molecule has 2 heterocycles. The number of aromatic amines is 1. The van der Waals surface area contributed by atoms with Crippen LogP contribution in [0.25, 0.3) is 16.5 Å². The molecule has 0 unspecified atom stereocenters. The minimum absolute atomic E-state index is 0.125. The molecule has 0 aliphatic carbocycles. The minimum atomic E-state index is -0.393. The topological polar surface area (TPSA) is 78.3 Å². The largest absolute Gasteiger partial charge is 0.392 e. The van der Waals surface area contributed by atoms with Crippen LogP contribution in [0.2, 0.25) is 0 Å². The number of H-pyrrole nitrogens is 1. The first-order valence-electron chi connectivity index (χ1n) is 10.5. The Morgan fingerprint density at radius 1 is 1.00 bits per heavy atom. The minimum Gasteiger partial charge on any atom is -0.392 e. The number of benzene rings is 2. The van der Waals surface area contributed by atoms with Crippen LogP contribution < -0.4 is 11.2 Å². The lowest BCUT2D eigenvalue weighted by molar-refractivity contribution is 0.282. The highest BCUT2D eigenvalue weighted by atomic mass is 16.3. The number of aliphatic hydroxyl groups is 1. The van der Waals surface area contributed by atoms with Crippen molar-refractivity contribution in [3.05, 3.63) is 86.6 Å². The average molecular weight is 405 g/mol. The Hall–Kier alpha value is -2.96. The van der Waals surface area contributed by atoms with Gasteiger partial charge in [0.05, 0.1) is 17.5 Å². The number of fused-ring (bicyclic) bond motifs is 1. The van der Waals surface area contributed by atoms with Crippen molar-refractivity contribution in [3.63, 3.8) is 0 Å². The van der Waals surface area contributed by atoms with Gasteiger partial charge in [-0.2, -0.15) is 0 Å². The fourth-order valence-electron chi connectivity index (χ4n) is 4.04. The molecule has 4 rings (SSSR count). The number of aromatic nitrogens is 2. The van der Waals surface area contributed by atoms with Gasteiger partial charge in [0, 0.05) is 19.6 Å². The van der Waals surface area contributed by atoms with Gasteiger partial charge in [-0.15, -0.1) is 0 Å². The van der Waals surface area contributed by atoms with Crippen LogP contribution >= 0.6 is 0 Å². The predicted octanol–water partition coefficient (Wildman–Crippen LogP) is 2.75. The van der Waals surface area contributed by atoms with Crippen LogP contribution in [0.4, 0.5) is 0 Å². The van der Waals surface area contributed by atoms with E-state index < -0.39 is 5.69 Å². The molecule has 30 heavy (non-hydrogen) atoms. The fraction of sp³-hybridized carbons (Fsp3) is 0.333. The fourth-order valence-corrected chi connectivity index (χ4v) is 4.04. The first-order valence-corrected chi connectivity index (χ1v) is 10.5. The van der Waals surface area contributed by atoms with Gasteiger partial charge >= 0.3 is 5.69 Å². The third-order valence-corrected chi connectivity index (χ3v) is 5.77. The van der Waals surface area contributed by atoms with Crippen molar-refractivity contribution in [2.75, 3.05) is 19.6 Å². The highest BCUT2D eigenvalue weighted by Gasteiger charge is 2.13. The molecular formula is C24H27N3O3. The second-order valence-electron chi connectivity index (χ2n) is 7.78. The molecular weight excluding hydrogens is 378 g/mol. The highest BCUT2D eigenvalue weighted by Crippen LogP contribution is 2.22. The number of rotatable bonds is 7. The smallest absolute Gasteiger partial charge is 0.328 e. The quantitative estimate of drug-likeness (QED) is 0.593. The van der Waals surface area contributed by atoms with E-state index in [9.17, 15) is 14.7 Å². The van der Waals surface area contributed by atoms with E-state index in [2.05, 4.69) is 40.2 Å². The Morgan fingerprint density at radius 2 is 1.80 bits per heavy atom. The Morgan fingerprint density at radius 3 is 2.53 bits per heavy atom. The monoisotopic (exact) mass is 405 g/mol. The van der Waals surface area contributed by atoms with Gasteiger partial charge in [0.15, 0.2) is 0 Å². The first-order chi connectivity index (χ1) is 14.7. The number of hydrogen-bond donors (Lipinski definition) is 2. The van der Waals surface area contributed by atoms with Crippen LogP contribution in [0.1, 0.15) is 30.4 Å². The zero-order valence-electron chi connectivity index (χ0n) is 17.0. The summed E-state index contributed by atoms with van der Waals surface area (Å²) in [6, 6.07) is 15.5. The molecule has 2 aromatic carbocycles. The maximum Gasteiger partial charge on any atom is 0.328 e. The molecule has 0 saturated carbocycles.